The van der Waals surface area contributed by atoms with Crippen molar-refractivity contribution < 1.29 is 18.5 Å². The fraction of sp³-hybridized carbons (Fsp3) is 0.346. The Labute approximate surface area is 209 Å². The molecule has 3 N–H and O–H groups in total. The smallest absolute Gasteiger partial charge is 0.277 e. The molecule has 1 aliphatic rings. The number of oxazole rings is 1. The van der Waals surface area contributed by atoms with E-state index < -0.39 is 21.2 Å². The highest BCUT2D eigenvalue weighted by molar-refractivity contribution is 7.92. The van der Waals surface area contributed by atoms with E-state index in [9.17, 15) is 14.1 Å². The molecule has 4 aromatic rings. The number of aryl methyl sites for hydroxylation is 1. The van der Waals surface area contributed by atoms with Crippen molar-refractivity contribution >= 4 is 32.2 Å². The molecule has 0 spiro atoms. The van der Waals surface area contributed by atoms with E-state index in [1.54, 1.807) is 26.0 Å². The van der Waals surface area contributed by atoms with Gasteiger partial charge in [0.05, 0.1) is 17.2 Å². The Bertz CT molecular complexity index is 1550. The fourth-order valence-corrected chi connectivity index (χ4v) is 6.04. The number of aromatic nitrogens is 3. The van der Waals surface area contributed by atoms with E-state index in [2.05, 4.69) is 10.3 Å². The van der Waals surface area contributed by atoms with Crippen molar-refractivity contribution in [1.82, 2.24) is 14.8 Å². The minimum Gasteiger partial charge on any atom is -0.444 e. The van der Waals surface area contributed by atoms with Gasteiger partial charge in [0.1, 0.15) is 6.26 Å². The average Bonchev–Trinajstić information content (AvgIpc) is 3.45. The number of hydrogen-bond donors (Lipinski definition) is 3. The second kappa shape index (κ2) is 8.86. The molecular formula is C26H29N5O4S. The topological polar surface area (TPSA) is 134 Å². The standard InChI is InChI=1S/C26H29N5O4S/c1-16-5-4-6-17(11-16)25-29-23(15-35-25)24(32)28-22-12-18-14-31(19-7-9-36(27,34)10-8-19)30-21(18)13-20(22)26(2,3)33/h4-6,11-15,19,27,33H,7-10H2,1-3H3,(H,28,32). The number of amides is 1. The molecule has 1 saturated heterocycles. The molecule has 0 bridgehead atoms. The molecular weight excluding hydrogens is 478 g/mol. The number of hydrogen-bond acceptors (Lipinski definition) is 7. The molecule has 0 radical (unpaired) electrons. The number of nitrogens with one attached hydrogen (secondary N) is 2. The van der Waals surface area contributed by atoms with Gasteiger partial charge < -0.3 is 14.8 Å². The maximum atomic E-state index is 13.1. The van der Waals surface area contributed by atoms with E-state index in [0.717, 1.165) is 16.5 Å². The molecule has 10 heteroatoms. The van der Waals surface area contributed by atoms with Crippen LogP contribution >= 0.6 is 0 Å². The number of carbonyl (C=O) groups is 1. The maximum absolute atomic E-state index is 13.1. The Hall–Kier alpha value is -3.50. The van der Waals surface area contributed by atoms with Crippen LogP contribution < -0.4 is 5.32 Å². The van der Waals surface area contributed by atoms with Gasteiger partial charge in [-0.15, -0.1) is 0 Å². The summed E-state index contributed by atoms with van der Waals surface area (Å²) in [5.41, 5.74) is 2.39. The predicted molar refractivity (Wildman–Crippen MR) is 138 cm³/mol. The van der Waals surface area contributed by atoms with Crippen molar-refractivity contribution in [2.75, 3.05) is 16.8 Å². The van der Waals surface area contributed by atoms with Gasteiger partial charge in [-0.2, -0.15) is 5.10 Å². The zero-order valence-corrected chi connectivity index (χ0v) is 21.3. The lowest BCUT2D eigenvalue weighted by molar-refractivity contribution is 0.0793. The summed E-state index contributed by atoms with van der Waals surface area (Å²) in [4.78, 5) is 17.4. The molecule has 9 nitrogen and oxygen atoms in total. The van der Waals surface area contributed by atoms with Crippen LogP contribution in [0.1, 0.15) is 54.3 Å². The van der Waals surface area contributed by atoms with Crippen LogP contribution in [-0.2, 0) is 15.3 Å². The Morgan fingerprint density at radius 2 is 2.00 bits per heavy atom. The van der Waals surface area contributed by atoms with Crippen molar-refractivity contribution in [3.8, 4) is 11.5 Å². The third-order valence-electron chi connectivity index (χ3n) is 6.51. The van der Waals surface area contributed by atoms with Crippen LogP contribution in [0.2, 0.25) is 0 Å². The first kappa shape index (κ1) is 24.2. The molecule has 0 saturated carbocycles. The van der Waals surface area contributed by atoms with Crippen molar-refractivity contribution in [2.45, 2.75) is 45.3 Å². The first-order chi connectivity index (χ1) is 17.0. The predicted octanol–water partition coefficient (Wildman–Crippen LogP) is 4.86. The van der Waals surface area contributed by atoms with Gasteiger partial charge >= 0.3 is 0 Å². The maximum Gasteiger partial charge on any atom is 0.277 e. The molecule has 5 rings (SSSR count). The number of benzene rings is 2. The van der Waals surface area contributed by atoms with E-state index in [1.165, 1.54) is 6.26 Å². The number of nitrogens with zero attached hydrogens (tertiary/aromatic N) is 3. The third kappa shape index (κ3) is 4.91. The van der Waals surface area contributed by atoms with Gasteiger partial charge in [-0.25, -0.2) is 9.19 Å². The van der Waals surface area contributed by atoms with Crippen molar-refractivity contribution in [2.24, 2.45) is 0 Å². The van der Waals surface area contributed by atoms with Crippen LogP contribution in [0, 0.1) is 11.7 Å². The van der Waals surface area contributed by atoms with E-state index in [0.29, 0.717) is 47.0 Å². The van der Waals surface area contributed by atoms with Crippen molar-refractivity contribution in [1.29, 1.82) is 4.78 Å². The minimum atomic E-state index is -2.48. The molecule has 1 aliphatic heterocycles. The number of fused-ring (bicyclic) bond motifs is 1. The third-order valence-corrected chi connectivity index (χ3v) is 8.30. The summed E-state index contributed by atoms with van der Waals surface area (Å²) < 4.78 is 27.3. The van der Waals surface area contributed by atoms with Crippen molar-refractivity contribution in [3.05, 3.63) is 65.7 Å². The Kier molecular flexibility index (Phi) is 5.96. The SMILES string of the molecule is Cc1cccc(-c2nc(C(=O)Nc3cc4cn(C5CCS(=N)(=O)CC5)nc4cc3C(C)(C)O)co2)c1. The quantitative estimate of drug-likeness (QED) is 0.353. The molecule has 0 unspecified atom stereocenters. The molecule has 188 valence electrons. The molecule has 0 atom stereocenters. The second-order valence-corrected chi connectivity index (χ2v) is 12.4. The van der Waals surface area contributed by atoms with E-state index in [1.807, 2.05) is 42.1 Å². The summed E-state index contributed by atoms with van der Waals surface area (Å²) >= 11 is 0. The molecule has 2 aromatic heterocycles. The van der Waals surface area contributed by atoms with Gasteiger partial charge in [-0.1, -0.05) is 17.7 Å². The fourth-order valence-electron chi connectivity index (χ4n) is 4.53. The van der Waals surface area contributed by atoms with E-state index in [-0.39, 0.29) is 11.7 Å². The van der Waals surface area contributed by atoms with Crippen LogP contribution in [0.25, 0.3) is 22.4 Å². The number of aliphatic hydroxyl groups is 1. The van der Waals surface area contributed by atoms with Gasteiger partial charge in [0, 0.05) is 49.6 Å². The molecule has 3 heterocycles. The van der Waals surface area contributed by atoms with Gasteiger partial charge in [0.2, 0.25) is 5.89 Å². The highest BCUT2D eigenvalue weighted by atomic mass is 32.2. The Morgan fingerprint density at radius 3 is 2.69 bits per heavy atom. The largest absolute Gasteiger partial charge is 0.444 e. The summed E-state index contributed by atoms with van der Waals surface area (Å²) in [6.45, 7) is 5.27. The van der Waals surface area contributed by atoms with Crippen LogP contribution in [0.15, 0.2) is 53.3 Å². The second-order valence-electron chi connectivity index (χ2n) is 9.94. The summed E-state index contributed by atoms with van der Waals surface area (Å²) in [5.74, 6) is 0.637. The van der Waals surface area contributed by atoms with Crippen LogP contribution in [-0.4, -0.2) is 41.5 Å². The highest BCUT2D eigenvalue weighted by Crippen LogP contribution is 2.34. The first-order valence-corrected chi connectivity index (χ1v) is 13.7. The van der Waals surface area contributed by atoms with Crippen LogP contribution in [0.5, 0.6) is 0 Å². The number of carbonyl (C=O) groups excluding carboxylic acids is 1. The lowest BCUT2D eigenvalue weighted by Gasteiger charge is -2.23. The highest BCUT2D eigenvalue weighted by Gasteiger charge is 2.26. The molecule has 36 heavy (non-hydrogen) atoms. The Morgan fingerprint density at radius 1 is 1.25 bits per heavy atom. The Balaban J connectivity index is 1.44. The zero-order chi connectivity index (χ0) is 25.7. The van der Waals surface area contributed by atoms with Gasteiger partial charge in [-0.05, 0) is 57.9 Å². The monoisotopic (exact) mass is 507 g/mol. The zero-order valence-electron chi connectivity index (χ0n) is 20.4. The average molecular weight is 508 g/mol. The summed E-state index contributed by atoms with van der Waals surface area (Å²) in [6, 6.07) is 11.3. The normalized spacial score (nSPS) is 20.5. The summed E-state index contributed by atoms with van der Waals surface area (Å²) in [5, 5.41) is 19.2. The van der Waals surface area contributed by atoms with Gasteiger partial charge in [0.15, 0.2) is 5.69 Å². The van der Waals surface area contributed by atoms with E-state index >= 15 is 0 Å². The summed E-state index contributed by atoms with van der Waals surface area (Å²) in [7, 11) is -2.48. The summed E-state index contributed by atoms with van der Waals surface area (Å²) in [6.07, 6.45) is 4.48. The minimum absolute atomic E-state index is 0.0659. The van der Waals surface area contributed by atoms with E-state index in [4.69, 9.17) is 14.3 Å². The van der Waals surface area contributed by atoms with Crippen molar-refractivity contribution in [3.63, 3.8) is 0 Å². The molecule has 0 aliphatic carbocycles. The van der Waals surface area contributed by atoms with Crippen LogP contribution in [0.4, 0.5) is 5.69 Å². The van der Waals surface area contributed by atoms with Gasteiger partial charge in [0.25, 0.3) is 5.91 Å². The molecule has 1 fully saturated rings. The lowest BCUT2D eigenvalue weighted by Crippen LogP contribution is -2.24. The molecule has 2 aromatic carbocycles. The molecule has 1 amide bonds. The first-order valence-electron chi connectivity index (χ1n) is 11.8. The number of rotatable bonds is 5. The number of anilines is 1. The lowest BCUT2D eigenvalue weighted by atomic mass is 9.95. The van der Waals surface area contributed by atoms with Gasteiger partial charge in [-0.3, -0.25) is 14.3 Å². The van der Waals surface area contributed by atoms with Crippen LogP contribution in [0.3, 0.4) is 0 Å².